The molecule has 5 nitrogen and oxygen atoms in total. The first-order valence-corrected chi connectivity index (χ1v) is 6.92. The summed E-state index contributed by atoms with van der Waals surface area (Å²) in [6.07, 6.45) is 2.13. The fraction of sp³-hybridized carbons (Fsp3) is 0.400. The molecule has 106 valence electrons. The van der Waals surface area contributed by atoms with Crippen LogP contribution in [0, 0.1) is 0 Å². The molecule has 0 radical (unpaired) electrons. The first kappa shape index (κ1) is 13.3. The summed E-state index contributed by atoms with van der Waals surface area (Å²) in [5.74, 6) is 0. The zero-order chi connectivity index (χ0) is 13.6. The van der Waals surface area contributed by atoms with Crippen LogP contribution in [0.5, 0.6) is 0 Å². The van der Waals surface area contributed by atoms with E-state index in [9.17, 15) is 0 Å². The first-order chi connectivity index (χ1) is 9.92. The molecule has 3 rings (SSSR count). The molecule has 2 aromatic rings. The molecule has 0 saturated carbocycles. The number of nitrogens with zero attached hydrogens (tertiary/aromatic N) is 2. The van der Waals surface area contributed by atoms with E-state index in [2.05, 4.69) is 10.4 Å². The van der Waals surface area contributed by atoms with E-state index in [0.717, 1.165) is 24.5 Å². The van der Waals surface area contributed by atoms with E-state index < -0.39 is 0 Å². The molecule has 1 aliphatic rings. The van der Waals surface area contributed by atoms with Gasteiger partial charge in [-0.05, 0) is 18.2 Å². The number of nitrogens with one attached hydrogen (secondary N) is 1. The molecule has 0 amide bonds. The average molecular weight is 273 g/mol. The van der Waals surface area contributed by atoms with E-state index in [-0.39, 0.29) is 6.10 Å². The zero-order valence-electron chi connectivity index (χ0n) is 11.4. The molecular weight excluding hydrogens is 254 g/mol. The molecule has 2 heterocycles. The fourth-order valence-corrected chi connectivity index (χ4v) is 2.20. The van der Waals surface area contributed by atoms with Crippen LogP contribution in [0.3, 0.4) is 0 Å². The Morgan fingerprint density at radius 1 is 1.20 bits per heavy atom. The molecule has 1 fully saturated rings. The Balaban J connectivity index is 1.50. The van der Waals surface area contributed by atoms with Crippen LogP contribution in [0.4, 0.5) is 0 Å². The molecule has 1 N–H and O–H groups in total. The van der Waals surface area contributed by atoms with Crippen LogP contribution in [0.1, 0.15) is 5.69 Å². The van der Waals surface area contributed by atoms with Gasteiger partial charge in [-0.1, -0.05) is 18.2 Å². The lowest BCUT2D eigenvalue weighted by Gasteiger charge is -2.22. The molecule has 0 spiro atoms. The van der Waals surface area contributed by atoms with Crippen molar-refractivity contribution in [1.82, 2.24) is 15.1 Å². The first-order valence-electron chi connectivity index (χ1n) is 6.92. The van der Waals surface area contributed by atoms with Crippen LogP contribution >= 0.6 is 0 Å². The number of benzene rings is 1. The van der Waals surface area contributed by atoms with Gasteiger partial charge in [-0.25, -0.2) is 4.68 Å². The quantitative estimate of drug-likeness (QED) is 0.894. The Morgan fingerprint density at radius 2 is 2.10 bits per heavy atom. The average Bonchev–Trinajstić information content (AvgIpc) is 2.98. The minimum absolute atomic E-state index is 0.153. The molecule has 1 atom stereocenters. The highest BCUT2D eigenvalue weighted by Crippen LogP contribution is 2.07. The maximum atomic E-state index is 5.58. The number of para-hydroxylation sites is 1. The van der Waals surface area contributed by atoms with E-state index in [1.165, 1.54) is 0 Å². The summed E-state index contributed by atoms with van der Waals surface area (Å²) >= 11 is 0. The monoisotopic (exact) mass is 273 g/mol. The normalized spacial score (nSPS) is 19.1. The SMILES string of the molecule is c1ccc(-n2ccc(CNCC3COCCO3)n2)cc1. The lowest BCUT2D eigenvalue weighted by atomic mass is 10.3. The summed E-state index contributed by atoms with van der Waals surface area (Å²) in [5, 5.41) is 7.90. The van der Waals surface area contributed by atoms with Crippen molar-refractivity contribution < 1.29 is 9.47 Å². The number of hydrogen-bond donors (Lipinski definition) is 1. The highest BCUT2D eigenvalue weighted by atomic mass is 16.6. The molecule has 5 heteroatoms. The second kappa shape index (κ2) is 6.65. The van der Waals surface area contributed by atoms with E-state index >= 15 is 0 Å². The molecule has 1 aromatic carbocycles. The Hall–Kier alpha value is -1.69. The number of hydrogen-bond acceptors (Lipinski definition) is 4. The molecular formula is C15H19N3O2. The van der Waals surface area contributed by atoms with Crippen molar-refractivity contribution in [3.8, 4) is 5.69 Å². The van der Waals surface area contributed by atoms with Crippen molar-refractivity contribution in [2.75, 3.05) is 26.4 Å². The standard InChI is InChI=1S/C15H19N3O2/c1-2-4-14(5-3-1)18-7-6-13(17-18)10-16-11-15-12-19-8-9-20-15/h1-7,15-16H,8-12H2. The van der Waals surface area contributed by atoms with Gasteiger partial charge < -0.3 is 14.8 Å². The third-order valence-electron chi connectivity index (χ3n) is 3.23. The van der Waals surface area contributed by atoms with Gasteiger partial charge >= 0.3 is 0 Å². The maximum absolute atomic E-state index is 5.58. The van der Waals surface area contributed by atoms with Gasteiger partial charge in [-0.3, -0.25) is 0 Å². The van der Waals surface area contributed by atoms with Gasteiger partial charge in [-0.2, -0.15) is 5.10 Å². The fourth-order valence-electron chi connectivity index (χ4n) is 2.20. The molecule has 1 unspecified atom stereocenters. The minimum atomic E-state index is 0.153. The summed E-state index contributed by atoms with van der Waals surface area (Å²) in [7, 11) is 0. The van der Waals surface area contributed by atoms with Crippen molar-refractivity contribution in [2.45, 2.75) is 12.6 Å². The summed E-state index contributed by atoms with van der Waals surface area (Å²) in [5.41, 5.74) is 2.09. The summed E-state index contributed by atoms with van der Waals surface area (Å²) < 4.78 is 12.8. The zero-order valence-corrected chi connectivity index (χ0v) is 11.4. The second-order valence-corrected chi connectivity index (χ2v) is 4.79. The highest BCUT2D eigenvalue weighted by molar-refractivity contribution is 5.30. The van der Waals surface area contributed by atoms with Crippen LogP contribution < -0.4 is 5.32 Å². The number of aromatic nitrogens is 2. The topological polar surface area (TPSA) is 48.3 Å². The summed E-state index contributed by atoms with van der Waals surface area (Å²) in [4.78, 5) is 0. The third kappa shape index (κ3) is 3.45. The number of rotatable bonds is 5. The summed E-state index contributed by atoms with van der Waals surface area (Å²) in [6.45, 7) is 3.59. The molecule has 0 aliphatic carbocycles. The lowest BCUT2D eigenvalue weighted by Crippen LogP contribution is -2.37. The Morgan fingerprint density at radius 3 is 2.90 bits per heavy atom. The summed E-state index contributed by atoms with van der Waals surface area (Å²) in [6, 6.07) is 12.1. The Bertz CT molecular complexity index is 521. The smallest absolute Gasteiger partial charge is 0.0933 e. The third-order valence-corrected chi connectivity index (χ3v) is 3.23. The van der Waals surface area contributed by atoms with Gasteiger partial charge in [0.1, 0.15) is 0 Å². The van der Waals surface area contributed by atoms with Gasteiger partial charge in [-0.15, -0.1) is 0 Å². The Kier molecular flexibility index (Phi) is 4.42. The van der Waals surface area contributed by atoms with Gasteiger partial charge in [0.2, 0.25) is 0 Å². The van der Waals surface area contributed by atoms with Gasteiger partial charge in [0, 0.05) is 19.3 Å². The molecule has 20 heavy (non-hydrogen) atoms. The molecule has 1 aliphatic heterocycles. The Labute approximate surface area is 118 Å². The van der Waals surface area contributed by atoms with Crippen LogP contribution in [0.25, 0.3) is 5.69 Å². The maximum Gasteiger partial charge on any atom is 0.0933 e. The van der Waals surface area contributed by atoms with Gasteiger partial charge in [0.25, 0.3) is 0 Å². The highest BCUT2D eigenvalue weighted by Gasteiger charge is 2.13. The predicted octanol–water partition coefficient (Wildman–Crippen LogP) is 1.38. The molecule has 1 aromatic heterocycles. The molecule has 1 saturated heterocycles. The minimum Gasteiger partial charge on any atom is -0.376 e. The van der Waals surface area contributed by atoms with Crippen molar-refractivity contribution in [3.63, 3.8) is 0 Å². The van der Waals surface area contributed by atoms with E-state index in [4.69, 9.17) is 9.47 Å². The van der Waals surface area contributed by atoms with Crippen molar-refractivity contribution in [1.29, 1.82) is 0 Å². The van der Waals surface area contributed by atoms with E-state index in [0.29, 0.717) is 19.8 Å². The predicted molar refractivity (Wildman–Crippen MR) is 75.8 cm³/mol. The largest absolute Gasteiger partial charge is 0.376 e. The number of ether oxygens (including phenoxy) is 2. The van der Waals surface area contributed by atoms with Crippen molar-refractivity contribution >= 4 is 0 Å². The van der Waals surface area contributed by atoms with Crippen molar-refractivity contribution in [3.05, 3.63) is 48.3 Å². The van der Waals surface area contributed by atoms with Crippen LogP contribution in [0.15, 0.2) is 42.6 Å². The van der Waals surface area contributed by atoms with Crippen LogP contribution in [-0.2, 0) is 16.0 Å². The van der Waals surface area contributed by atoms with Crippen LogP contribution in [0.2, 0.25) is 0 Å². The lowest BCUT2D eigenvalue weighted by molar-refractivity contribution is -0.0864. The van der Waals surface area contributed by atoms with Gasteiger partial charge in [0.15, 0.2) is 0 Å². The van der Waals surface area contributed by atoms with Crippen LogP contribution in [-0.4, -0.2) is 42.2 Å². The van der Waals surface area contributed by atoms with E-state index in [1.807, 2.05) is 47.3 Å². The molecule has 0 bridgehead atoms. The second-order valence-electron chi connectivity index (χ2n) is 4.79. The van der Waals surface area contributed by atoms with E-state index in [1.54, 1.807) is 0 Å². The van der Waals surface area contributed by atoms with Crippen molar-refractivity contribution in [2.24, 2.45) is 0 Å². The van der Waals surface area contributed by atoms with Gasteiger partial charge in [0.05, 0.1) is 37.3 Å².